The van der Waals surface area contributed by atoms with Crippen LogP contribution < -0.4 is 5.32 Å². The van der Waals surface area contributed by atoms with Gasteiger partial charge in [0.1, 0.15) is 6.04 Å². The summed E-state index contributed by atoms with van der Waals surface area (Å²) in [5.74, 6) is -2.32. The zero-order chi connectivity index (χ0) is 14.4. The Kier molecular flexibility index (Phi) is 5.11. The lowest BCUT2D eigenvalue weighted by Crippen LogP contribution is -2.41. The second kappa shape index (κ2) is 6.58. The van der Waals surface area contributed by atoms with Gasteiger partial charge in [0.15, 0.2) is 5.76 Å². The van der Waals surface area contributed by atoms with Gasteiger partial charge in [0.05, 0.1) is 13.4 Å². The molecule has 19 heavy (non-hydrogen) atoms. The SMILES string of the molecule is COC(=O)CC[C@@H](NC(=O)c1occc1C)C(=O)O. The Bertz CT molecular complexity index is 478. The number of carbonyl (C=O) groups excluding carboxylic acids is 2. The maximum atomic E-state index is 11.8. The predicted octanol–water partition coefficient (Wildman–Crippen LogP) is 0.724. The van der Waals surface area contributed by atoms with Crippen LogP contribution in [0, 0.1) is 6.92 Å². The van der Waals surface area contributed by atoms with Crippen molar-refractivity contribution in [2.45, 2.75) is 25.8 Å². The summed E-state index contributed by atoms with van der Waals surface area (Å²) in [6.45, 7) is 1.67. The number of furan rings is 1. The summed E-state index contributed by atoms with van der Waals surface area (Å²) in [5, 5.41) is 11.3. The van der Waals surface area contributed by atoms with Crippen LogP contribution in [0.3, 0.4) is 0 Å². The molecule has 1 aromatic rings. The summed E-state index contributed by atoms with van der Waals surface area (Å²) < 4.78 is 9.37. The minimum absolute atomic E-state index is 0.0481. The molecule has 104 valence electrons. The first-order valence-corrected chi connectivity index (χ1v) is 5.60. The number of ether oxygens (including phenoxy) is 1. The molecule has 1 rings (SSSR count). The molecule has 0 aliphatic heterocycles. The van der Waals surface area contributed by atoms with E-state index in [1.165, 1.54) is 13.4 Å². The summed E-state index contributed by atoms with van der Waals surface area (Å²) in [7, 11) is 1.21. The van der Waals surface area contributed by atoms with Gasteiger partial charge in [-0.05, 0) is 19.4 Å². The average Bonchev–Trinajstić information content (AvgIpc) is 2.79. The molecule has 7 heteroatoms. The van der Waals surface area contributed by atoms with Crippen molar-refractivity contribution in [1.82, 2.24) is 5.32 Å². The zero-order valence-corrected chi connectivity index (χ0v) is 10.6. The molecule has 0 bridgehead atoms. The van der Waals surface area contributed by atoms with E-state index in [0.717, 1.165) is 0 Å². The van der Waals surface area contributed by atoms with Gasteiger partial charge in [0.25, 0.3) is 5.91 Å². The predicted molar refractivity (Wildman–Crippen MR) is 63.6 cm³/mol. The van der Waals surface area contributed by atoms with Crippen LogP contribution in [0.2, 0.25) is 0 Å². The maximum Gasteiger partial charge on any atom is 0.326 e. The van der Waals surface area contributed by atoms with E-state index in [1.807, 2.05) is 0 Å². The topological polar surface area (TPSA) is 106 Å². The second-order valence-corrected chi connectivity index (χ2v) is 3.91. The van der Waals surface area contributed by atoms with Gasteiger partial charge in [0.2, 0.25) is 0 Å². The minimum atomic E-state index is -1.22. The van der Waals surface area contributed by atoms with Crippen molar-refractivity contribution in [1.29, 1.82) is 0 Å². The summed E-state index contributed by atoms with van der Waals surface area (Å²) in [6.07, 6.45) is 1.20. The number of carbonyl (C=O) groups is 3. The summed E-state index contributed by atoms with van der Waals surface area (Å²) >= 11 is 0. The molecule has 0 aliphatic rings. The Morgan fingerprint density at radius 1 is 1.47 bits per heavy atom. The Labute approximate surface area is 109 Å². The summed E-state index contributed by atoms with van der Waals surface area (Å²) in [4.78, 5) is 33.7. The van der Waals surface area contributed by atoms with E-state index in [0.29, 0.717) is 5.56 Å². The van der Waals surface area contributed by atoms with E-state index < -0.39 is 23.9 Å². The number of carboxylic acids is 1. The molecule has 0 spiro atoms. The third kappa shape index (κ3) is 4.13. The fourth-order valence-electron chi connectivity index (χ4n) is 1.45. The van der Waals surface area contributed by atoms with Crippen LogP contribution in [-0.2, 0) is 14.3 Å². The van der Waals surface area contributed by atoms with E-state index in [-0.39, 0.29) is 18.6 Å². The summed E-state index contributed by atoms with van der Waals surface area (Å²) in [6, 6.07) is 0.426. The van der Waals surface area contributed by atoms with E-state index >= 15 is 0 Å². The fraction of sp³-hybridized carbons (Fsp3) is 0.417. The molecule has 0 aromatic carbocycles. The molecule has 0 saturated carbocycles. The van der Waals surface area contributed by atoms with Gasteiger partial charge in [0, 0.05) is 12.0 Å². The number of aryl methyl sites for hydroxylation is 1. The maximum absolute atomic E-state index is 11.8. The van der Waals surface area contributed by atoms with E-state index in [4.69, 9.17) is 9.52 Å². The van der Waals surface area contributed by atoms with Crippen LogP contribution >= 0.6 is 0 Å². The Balaban J connectivity index is 2.64. The molecule has 0 fully saturated rings. The number of rotatable bonds is 6. The third-order valence-electron chi connectivity index (χ3n) is 2.54. The Morgan fingerprint density at radius 3 is 2.63 bits per heavy atom. The van der Waals surface area contributed by atoms with Crippen LogP contribution in [0.15, 0.2) is 16.7 Å². The molecule has 1 heterocycles. The fourth-order valence-corrected chi connectivity index (χ4v) is 1.45. The van der Waals surface area contributed by atoms with Gasteiger partial charge < -0.3 is 19.6 Å². The monoisotopic (exact) mass is 269 g/mol. The lowest BCUT2D eigenvalue weighted by atomic mass is 10.1. The largest absolute Gasteiger partial charge is 0.480 e. The number of methoxy groups -OCH3 is 1. The van der Waals surface area contributed by atoms with Gasteiger partial charge >= 0.3 is 11.9 Å². The molecule has 0 saturated heterocycles. The van der Waals surface area contributed by atoms with Crippen molar-refractivity contribution in [3.8, 4) is 0 Å². The first-order valence-electron chi connectivity index (χ1n) is 5.60. The van der Waals surface area contributed by atoms with E-state index in [9.17, 15) is 14.4 Å². The highest BCUT2D eigenvalue weighted by Gasteiger charge is 2.23. The van der Waals surface area contributed by atoms with Crippen molar-refractivity contribution < 1.29 is 28.6 Å². The van der Waals surface area contributed by atoms with Crippen LogP contribution in [0.1, 0.15) is 29.0 Å². The number of hydrogen-bond acceptors (Lipinski definition) is 5. The van der Waals surface area contributed by atoms with Gasteiger partial charge in [-0.2, -0.15) is 0 Å². The Morgan fingerprint density at radius 2 is 2.16 bits per heavy atom. The molecule has 1 atom stereocenters. The normalized spacial score (nSPS) is 11.7. The molecule has 0 aliphatic carbocycles. The van der Waals surface area contributed by atoms with Gasteiger partial charge in [-0.15, -0.1) is 0 Å². The quantitative estimate of drug-likeness (QED) is 0.737. The highest BCUT2D eigenvalue weighted by atomic mass is 16.5. The number of carboxylic acid groups (broad SMARTS) is 1. The first-order chi connectivity index (χ1) is 8.95. The molecule has 0 unspecified atom stereocenters. The zero-order valence-electron chi connectivity index (χ0n) is 10.6. The minimum Gasteiger partial charge on any atom is -0.480 e. The second-order valence-electron chi connectivity index (χ2n) is 3.91. The van der Waals surface area contributed by atoms with E-state index in [2.05, 4.69) is 10.1 Å². The smallest absolute Gasteiger partial charge is 0.326 e. The summed E-state index contributed by atoms with van der Waals surface area (Å²) in [5.41, 5.74) is 0.606. The molecule has 1 aromatic heterocycles. The molecule has 2 N–H and O–H groups in total. The van der Waals surface area contributed by atoms with Crippen molar-refractivity contribution in [2.75, 3.05) is 7.11 Å². The lowest BCUT2D eigenvalue weighted by molar-refractivity contribution is -0.142. The standard InChI is InChI=1S/C12H15NO6/c1-7-5-6-19-10(7)11(15)13-8(12(16)17)3-4-9(14)18-2/h5-6,8H,3-4H2,1-2H3,(H,13,15)(H,16,17)/t8-/m1/s1. The van der Waals surface area contributed by atoms with Crippen LogP contribution in [0.4, 0.5) is 0 Å². The van der Waals surface area contributed by atoms with Crippen LogP contribution in [0.5, 0.6) is 0 Å². The van der Waals surface area contributed by atoms with Crippen molar-refractivity contribution in [3.63, 3.8) is 0 Å². The van der Waals surface area contributed by atoms with Gasteiger partial charge in [-0.25, -0.2) is 4.79 Å². The number of amides is 1. The van der Waals surface area contributed by atoms with E-state index in [1.54, 1.807) is 13.0 Å². The lowest BCUT2D eigenvalue weighted by Gasteiger charge is -2.13. The molecule has 1 amide bonds. The number of nitrogens with one attached hydrogen (secondary N) is 1. The van der Waals surface area contributed by atoms with Crippen molar-refractivity contribution >= 4 is 17.8 Å². The highest BCUT2D eigenvalue weighted by molar-refractivity contribution is 5.95. The first kappa shape index (κ1) is 14.7. The Hall–Kier alpha value is -2.31. The molecule has 0 radical (unpaired) electrons. The highest BCUT2D eigenvalue weighted by Crippen LogP contribution is 2.09. The third-order valence-corrected chi connectivity index (χ3v) is 2.54. The van der Waals surface area contributed by atoms with Gasteiger partial charge in [-0.1, -0.05) is 0 Å². The van der Waals surface area contributed by atoms with Gasteiger partial charge in [-0.3, -0.25) is 9.59 Å². The number of hydrogen-bond donors (Lipinski definition) is 2. The molecular weight excluding hydrogens is 254 g/mol. The number of aliphatic carboxylic acids is 1. The van der Waals surface area contributed by atoms with Crippen molar-refractivity contribution in [2.24, 2.45) is 0 Å². The molecule has 7 nitrogen and oxygen atoms in total. The van der Waals surface area contributed by atoms with Crippen LogP contribution in [-0.4, -0.2) is 36.1 Å². The average molecular weight is 269 g/mol. The number of esters is 1. The molecular formula is C12H15NO6. The van der Waals surface area contributed by atoms with Crippen molar-refractivity contribution in [3.05, 3.63) is 23.7 Å². The van der Waals surface area contributed by atoms with Crippen LogP contribution in [0.25, 0.3) is 0 Å².